The molecule has 0 heterocycles. The Hall–Kier alpha value is -0.960. The van der Waals surface area contributed by atoms with E-state index in [1.54, 1.807) is 19.1 Å². The van der Waals surface area contributed by atoms with Crippen molar-refractivity contribution in [3.05, 3.63) is 29.8 Å². The third kappa shape index (κ3) is 3.89. The van der Waals surface area contributed by atoms with Gasteiger partial charge in [0, 0.05) is 17.7 Å². The molecule has 1 unspecified atom stereocenters. The molecule has 0 aliphatic carbocycles. The second kappa shape index (κ2) is 6.59. The fourth-order valence-corrected chi connectivity index (χ4v) is 2.64. The van der Waals surface area contributed by atoms with Crippen LogP contribution in [0, 0.1) is 0 Å². The van der Waals surface area contributed by atoms with Gasteiger partial charge in [-0.15, -0.1) is 0 Å². The summed E-state index contributed by atoms with van der Waals surface area (Å²) in [6, 6.07) is 7.27. The molecule has 0 amide bonds. The van der Waals surface area contributed by atoms with Crippen LogP contribution in [0.4, 0.5) is 0 Å². The summed E-state index contributed by atoms with van der Waals surface area (Å²) in [5.74, 6) is 0.289. The van der Waals surface area contributed by atoms with Gasteiger partial charge in [0.25, 0.3) is 0 Å². The van der Waals surface area contributed by atoms with Crippen molar-refractivity contribution in [1.29, 1.82) is 0 Å². The Labute approximate surface area is 101 Å². The average Bonchev–Trinajstić information content (AvgIpc) is 2.24. The van der Waals surface area contributed by atoms with Crippen LogP contribution in [-0.4, -0.2) is 10.2 Å². The number of hydrogen-bond acceptors (Lipinski definition) is 3. The molecule has 0 aromatic heterocycles. The monoisotopic (exact) mass is 238 g/mol. The van der Waals surface area contributed by atoms with Gasteiger partial charge in [0.15, 0.2) is 5.12 Å². The van der Waals surface area contributed by atoms with E-state index in [1.807, 2.05) is 12.1 Å². The van der Waals surface area contributed by atoms with Gasteiger partial charge in [-0.05, 0) is 12.5 Å². The van der Waals surface area contributed by atoms with Crippen LogP contribution in [0.2, 0.25) is 0 Å². The van der Waals surface area contributed by atoms with Crippen molar-refractivity contribution in [2.75, 3.05) is 0 Å². The van der Waals surface area contributed by atoms with Gasteiger partial charge in [0.2, 0.25) is 0 Å². The first kappa shape index (κ1) is 13.1. The highest BCUT2D eigenvalue weighted by atomic mass is 32.2. The minimum absolute atomic E-state index is 0.0821. The Morgan fingerprint density at radius 3 is 2.69 bits per heavy atom. The van der Waals surface area contributed by atoms with Crippen molar-refractivity contribution < 1.29 is 9.90 Å². The lowest BCUT2D eigenvalue weighted by molar-refractivity contribution is -0.109. The summed E-state index contributed by atoms with van der Waals surface area (Å²) in [7, 11) is 0. The van der Waals surface area contributed by atoms with Crippen molar-refractivity contribution in [2.24, 2.45) is 0 Å². The van der Waals surface area contributed by atoms with Crippen LogP contribution in [-0.2, 0) is 4.79 Å². The minimum atomic E-state index is 0.0821. The van der Waals surface area contributed by atoms with Gasteiger partial charge < -0.3 is 5.11 Å². The van der Waals surface area contributed by atoms with E-state index in [2.05, 4.69) is 6.92 Å². The predicted octanol–water partition coefficient (Wildman–Crippen LogP) is 3.90. The highest BCUT2D eigenvalue weighted by Crippen LogP contribution is 2.38. The molecule has 3 heteroatoms. The standard InChI is InChI=1S/C13H18O2S/c1-3-4-9-13(16-10(2)14)11-7-5-6-8-12(11)15/h5-8,13,15H,3-4,9H2,1-2H3. The van der Waals surface area contributed by atoms with Crippen LogP contribution in [0.3, 0.4) is 0 Å². The molecule has 0 radical (unpaired) electrons. The zero-order chi connectivity index (χ0) is 12.0. The molecular formula is C13H18O2S. The smallest absolute Gasteiger partial charge is 0.186 e. The largest absolute Gasteiger partial charge is 0.508 e. The second-order valence-corrected chi connectivity index (χ2v) is 5.18. The lowest BCUT2D eigenvalue weighted by Crippen LogP contribution is -1.98. The molecule has 0 aliphatic heterocycles. The third-order valence-corrected chi connectivity index (χ3v) is 3.52. The first-order valence-electron chi connectivity index (χ1n) is 5.60. The summed E-state index contributed by atoms with van der Waals surface area (Å²) >= 11 is 1.31. The van der Waals surface area contributed by atoms with Gasteiger partial charge in [-0.1, -0.05) is 49.7 Å². The summed E-state index contributed by atoms with van der Waals surface area (Å²) in [6.45, 7) is 3.70. The molecule has 1 N–H and O–H groups in total. The third-order valence-electron chi connectivity index (χ3n) is 2.41. The zero-order valence-corrected chi connectivity index (χ0v) is 10.6. The summed E-state index contributed by atoms with van der Waals surface area (Å²) in [5.41, 5.74) is 0.871. The molecule has 1 rings (SSSR count). The fourth-order valence-electron chi connectivity index (χ4n) is 1.63. The molecule has 0 saturated carbocycles. The summed E-state index contributed by atoms with van der Waals surface area (Å²) < 4.78 is 0. The molecule has 16 heavy (non-hydrogen) atoms. The minimum Gasteiger partial charge on any atom is -0.508 e. The summed E-state index contributed by atoms with van der Waals surface area (Å²) in [5, 5.41) is 9.95. The van der Waals surface area contributed by atoms with Crippen molar-refractivity contribution >= 4 is 16.9 Å². The van der Waals surface area contributed by atoms with Gasteiger partial charge >= 0.3 is 0 Å². The number of benzene rings is 1. The molecule has 2 nitrogen and oxygen atoms in total. The zero-order valence-electron chi connectivity index (χ0n) is 9.77. The number of aromatic hydroxyl groups is 1. The molecule has 1 atom stereocenters. The van der Waals surface area contributed by atoms with Crippen molar-refractivity contribution in [3.8, 4) is 5.75 Å². The number of unbranched alkanes of at least 4 members (excludes halogenated alkanes) is 1. The maximum atomic E-state index is 11.2. The number of carbonyl (C=O) groups is 1. The Morgan fingerprint density at radius 2 is 2.12 bits per heavy atom. The number of rotatable bonds is 5. The quantitative estimate of drug-likeness (QED) is 0.845. The summed E-state index contributed by atoms with van der Waals surface area (Å²) in [6.07, 6.45) is 3.10. The van der Waals surface area contributed by atoms with E-state index in [9.17, 15) is 9.90 Å². The molecule has 1 aromatic carbocycles. The van der Waals surface area contributed by atoms with E-state index >= 15 is 0 Å². The Kier molecular flexibility index (Phi) is 5.39. The number of carbonyl (C=O) groups excluding carboxylic acids is 1. The summed E-state index contributed by atoms with van der Waals surface area (Å²) in [4.78, 5) is 11.2. The lowest BCUT2D eigenvalue weighted by atomic mass is 10.1. The van der Waals surface area contributed by atoms with Gasteiger partial charge in [0.1, 0.15) is 5.75 Å². The van der Waals surface area contributed by atoms with E-state index in [1.165, 1.54) is 11.8 Å². The number of thioether (sulfide) groups is 1. The molecule has 0 aliphatic rings. The van der Waals surface area contributed by atoms with Crippen molar-refractivity contribution in [2.45, 2.75) is 38.4 Å². The van der Waals surface area contributed by atoms with E-state index in [-0.39, 0.29) is 16.1 Å². The molecule has 1 aromatic rings. The van der Waals surface area contributed by atoms with Gasteiger partial charge in [0.05, 0.1) is 0 Å². The van der Waals surface area contributed by atoms with Crippen LogP contribution < -0.4 is 0 Å². The Bertz CT molecular complexity index is 350. The molecular weight excluding hydrogens is 220 g/mol. The van der Waals surface area contributed by atoms with Gasteiger partial charge in [-0.3, -0.25) is 4.79 Å². The van der Waals surface area contributed by atoms with Gasteiger partial charge in [-0.25, -0.2) is 0 Å². The van der Waals surface area contributed by atoms with Crippen molar-refractivity contribution in [3.63, 3.8) is 0 Å². The highest BCUT2D eigenvalue weighted by Gasteiger charge is 2.17. The van der Waals surface area contributed by atoms with Crippen LogP contribution in [0.5, 0.6) is 5.75 Å². The van der Waals surface area contributed by atoms with Crippen LogP contribution >= 0.6 is 11.8 Å². The number of hydrogen-bond donors (Lipinski definition) is 1. The predicted molar refractivity (Wildman–Crippen MR) is 68.6 cm³/mol. The highest BCUT2D eigenvalue weighted by molar-refractivity contribution is 8.13. The molecule has 0 saturated heterocycles. The van der Waals surface area contributed by atoms with Crippen LogP contribution in [0.1, 0.15) is 43.9 Å². The SMILES string of the molecule is CCCCC(SC(C)=O)c1ccccc1O. The van der Waals surface area contributed by atoms with Crippen LogP contribution in [0.25, 0.3) is 0 Å². The number of phenolic OH excluding ortho intramolecular Hbond substituents is 1. The Morgan fingerprint density at radius 1 is 1.44 bits per heavy atom. The topological polar surface area (TPSA) is 37.3 Å². The maximum absolute atomic E-state index is 11.2. The number of phenols is 1. The molecule has 88 valence electrons. The maximum Gasteiger partial charge on any atom is 0.186 e. The molecule has 0 fully saturated rings. The van der Waals surface area contributed by atoms with E-state index in [0.717, 1.165) is 24.8 Å². The fraction of sp³-hybridized carbons (Fsp3) is 0.462. The first-order valence-corrected chi connectivity index (χ1v) is 6.48. The van der Waals surface area contributed by atoms with E-state index < -0.39 is 0 Å². The average molecular weight is 238 g/mol. The number of para-hydroxylation sites is 1. The van der Waals surface area contributed by atoms with Crippen molar-refractivity contribution in [1.82, 2.24) is 0 Å². The molecule has 0 bridgehead atoms. The lowest BCUT2D eigenvalue weighted by Gasteiger charge is -2.16. The van der Waals surface area contributed by atoms with Crippen LogP contribution in [0.15, 0.2) is 24.3 Å². The van der Waals surface area contributed by atoms with E-state index in [4.69, 9.17) is 0 Å². The Balaban J connectivity index is 2.82. The van der Waals surface area contributed by atoms with Gasteiger partial charge in [-0.2, -0.15) is 0 Å². The van der Waals surface area contributed by atoms with E-state index in [0.29, 0.717) is 0 Å². The first-order chi connectivity index (χ1) is 7.65. The second-order valence-electron chi connectivity index (χ2n) is 3.80. The normalized spacial score (nSPS) is 12.4. The molecule has 0 spiro atoms.